The molecule has 1 atom stereocenters. The molecule has 0 radical (unpaired) electrons. The number of methoxy groups -OCH3 is 1. The number of halogens is 1. The van der Waals surface area contributed by atoms with Crippen molar-refractivity contribution in [3.8, 4) is 5.75 Å². The van der Waals surface area contributed by atoms with Crippen LogP contribution in [0, 0.1) is 12.7 Å². The fourth-order valence-electron chi connectivity index (χ4n) is 3.91. The number of ether oxygens (including phenoxy) is 1. The molecule has 0 aliphatic carbocycles. The van der Waals surface area contributed by atoms with Crippen LogP contribution in [-0.2, 0) is 26.2 Å². The van der Waals surface area contributed by atoms with E-state index < -0.39 is 40.2 Å². The van der Waals surface area contributed by atoms with E-state index >= 15 is 0 Å². The van der Waals surface area contributed by atoms with Crippen molar-refractivity contribution in [1.29, 1.82) is 0 Å². The highest BCUT2D eigenvalue weighted by molar-refractivity contribution is 7.92. The molecule has 39 heavy (non-hydrogen) atoms. The van der Waals surface area contributed by atoms with Crippen molar-refractivity contribution >= 4 is 27.5 Å². The van der Waals surface area contributed by atoms with Gasteiger partial charge in [-0.3, -0.25) is 13.9 Å². The Bertz CT molecular complexity index is 1390. The molecule has 0 saturated carbocycles. The largest absolute Gasteiger partial charge is 0.497 e. The topological polar surface area (TPSA) is 96.0 Å². The van der Waals surface area contributed by atoms with Crippen LogP contribution in [0.4, 0.5) is 10.1 Å². The molecule has 0 spiro atoms. The van der Waals surface area contributed by atoms with Gasteiger partial charge >= 0.3 is 0 Å². The average molecular weight is 556 g/mol. The molecular formula is C29H34FN3O5S. The fourth-order valence-corrected chi connectivity index (χ4v) is 5.33. The highest BCUT2D eigenvalue weighted by Crippen LogP contribution is 2.26. The standard InChI is InChI=1S/C29H34FN3O5S/c1-20(2)31-29(35)22(4)32(18-23-8-6-7-9-27(23)30)28(34)19-33(24-12-10-21(3)11-13-24)39(36,37)26-16-14-25(38-5)15-17-26/h6-17,20,22H,18-19H2,1-5H3,(H,31,35)/t22-/m0/s1. The van der Waals surface area contributed by atoms with Crippen LogP contribution in [0.2, 0.25) is 0 Å². The maximum atomic E-state index is 14.6. The number of benzene rings is 3. The number of nitrogens with zero attached hydrogens (tertiary/aromatic N) is 2. The number of anilines is 1. The number of carbonyl (C=O) groups excluding carboxylic acids is 2. The summed E-state index contributed by atoms with van der Waals surface area (Å²) in [6.07, 6.45) is 0. The minimum Gasteiger partial charge on any atom is -0.497 e. The molecule has 0 bridgehead atoms. The summed E-state index contributed by atoms with van der Waals surface area (Å²) in [5, 5.41) is 2.77. The molecular weight excluding hydrogens is 521 g/mol. The van der Waals surface area contributed by atoms with Gasteiger partial charge in [-0.2, -0.15) is 0 Å². The number of aryl methyl sites for hydroxylation is 1. The first kappa shape index (κ1) is 29.6. The predicted molar refractivity (Wildman–Crippen MR) is 148 cm³/mol. The maximum Gasteiger partial charge on any atom is 0.264 e. The first-order chi connectivity index (χ1) is 18.4. The fraction of sp³-hybridized carbons (Fsp3) is 0.310. The molecule has 0 aliphatic rings. The Labute approximate surface area is 229 Å². The molecule has 0 saturated heterocycles. The van der Waals surface area contributed by atoms with E-state index in [1.807, 2.05) is 6.92 Å². The zero-order chi connectivity index (χ0) is 28.7. The van der Waals surface area contributed by atoms with Crippen LogP contribution in [0.25, 0.3) is 0 Å². The van der Waals surface area contributed by atoms with E-state index in [0.717, 1.165) is 9.87 Å². The summed E-state index contributed by atoms with van der Waals surface area (Å²) >= 11 is 0. The lowest BCUT2D eigenvalue weighted by Gasteiger charge is -2.32. The molecule has 1 N–H and O–H groups in total. The van der Waals surface area contributed by atoms with Crippen molar-refractivity contribution in [1.82, 2.24) is 10.2 Å². The van der Waals surface area contributed by atoms with Crippen molar-refractivity contribution in [3.63, 3.8) is 0 Å². The Morgan fingerprint density at radius 1 is 0.949 bits per heavy atom. The van der Waals surface area contributed by atoms with Crippen LogP contribution in [0.15, 0.2) is 77.7 Å². The number of hydrogen-bond donors (Lipinski definition) is 1. The van der Waals surface area contributed by atoms with Crippen LogP contribution < -0.4 is 14.4 Å². The Hall–Kier alpha value is -3.92. The number of carbonyl (C=O) groups is 2. The SMILES string of the molecule is COc1ccc(S(=O)(=O)N(CC(=O)N(Cc2ccccc2F)[C@@H](C)C(=O)NC(C)C)c2ccc(C)cc2)cc1. The summed E-state index contributed by atoms with van der Waals surface area (Å²) in [5.74, 6) is -1.15. The van der Waals surface area contributed by atoms with Crippen LogP contribution in [0.1, 0.15) is 31.9 Å². The first-order valence-corrected chi connectivity index (χ1v) is 13.9. The smallest absolute Gasteiger partial charge is 0.264 e. The van der Waals surface area contributed by atoms with Gasteiger partial charge in [-0.15, -0.1) is 0 Å². The van der Waals surface area contributed by atoms with Gasteiger partial charge in [0.2, 0.25) is 11.8 Å². The first-order valence-electron chi connectivity index (χ1n) is 12.5. The van der Waals surface area contributed by atoms with Crippen molar-refractivity contribution in [2.45, 2.75) is 51.2 Å². The van der Waals surface area contributed by atoms with Gasteiger partial charge < -0.3 is 15.0 Å². The number of hydrogen-bond acceptors (Lipinski definition) is 5. The van der Waals surface area contributed by atoms with Crippen LogP contribution in [0.3, 0.4) is 0 Å². The van der Waals surface area contributed by atoms with E-state index in [1.165, 1.54) is 61.4 Å². The van der Waals surface area contributed by atoms with Crippen LogP contribution in [0.5, 0.6) is 5.75 Å². The molecule has 0 aromatic heterocycles. The zero-order valence-electron chi connectivity index (χ0n) is 22.7. The second kappa shape index (κ2) is 12.8. The van der Waals surface area contributed by atoms with Gasteiger partial charge in [0, 0.05) is 18.2 Å². The predicted octanol–water partition coefficient (Wildman–Crippen LogP) is 4.28. The third kappa shape index (κ3) is 7.35. The van der Waals surface area contributed by atoms with Crippen molar-refractivity contribution in [3.05, 3.63) is 89.7 Å². The Morgan fingerprint density at radius 2 is 1.56 bits per heavy atom. The monoisotopic (exact) mass is 555 g/mol. The lowest BCUT2D eigenvalue weighted by Crippen LogP contribution is -2.52. The molecule has 0 unspecified atom stereocenters. The molecule has 0 fully saturated rings. The van der Waals surface area contributed by atoms with Crippen LogP contribution in [-0.4, -0.2) is 50.9 Å². The highest BCUT2D eigenvalue weighted by atomic mass is 32.2. The van der Waals surface area contributed by atoms with Gasteiger partial charge in [0.25, 0.3) is 10.0 Å². The minimum atomic E-state index is -4.21. The second-order valence-electron chi connectivity index (χ2n) is 9.48. The van der Waals surface area contributed by atoms with E-state index in [4.69, 9.17) is 4.74 Å². The molecule has 3 aromatic carbocycles. The Balaban J connectivity index is 2.04. The summed E-state index contributed by atoms with van der Waals surface area (Å²) < 4.78 is 48.3. The lowest BCUT2D eigenvalue weighted by molar-refractivity contribution is -0.139. The maximum absolute atomic E-state index is 14.6. The second-order valence-corrected chi connectivity index (χ2v) is 11.3. The third-order valence-corrected chi connectivity index (χ3v) is 7.93. The van der Waals surface area contributed by atoms with Gasteiger partial charge in [0.15, 0.2) is 0 Å². The third-order valence-electron chi connectivity index (χ3n) is 6.15. The zero-order valence-corrected chi connectivity index (χ0v) is 23.5. The summed E-state index contributed by atoms with van der Waals surface area (Å²) in [4.78, 5) is 27.9. The summed E-state index contributed by atoms with van der Waals surface area (Å²) in [7, 11) is -2.74. The summed E-state index contributed by atoms with van der Waals surface area (Å²) in [6, 6.07) is 17.3. The minimum absolute atomic E-state index is 0.0390. The average Bonchev–Trinajstić information content (AvgIpc) is 2.91. The van der Waals surface area contributed by atoms with Crippen molar-refractivity contribution < 1.29 is 27.1 Å². The van der Waals surface area contributed by atoms with Crippen LogP contribution >= 0.6 is 0 Å². The quantitative estimate of drug-likeness (QED) is 0.381. The van der Waals surface area contributed by atoms with Gasteiger partial charge in [-0.25, -0.2) is 12.8 Å². The highest BCUT2D eigenvalue weighted by Gasteiger charge is 2.33. The van der Waals surface area contributed by atoms with E-state index in [9.17, 15) is 22.4 Å². The summed E-state index contributed by atoms with van der Waals surface area (Å²) in [5.41, 5.74) is 1.39. The number of amides is 2. The molecule has 2 amide bonds. The molecule has 3 aromatic rings. The number of sulfonamides is 1. The summed E-state index contributed by atoms with van der Waals surface area (Å²) in [6.45, 7) is 6.14. The Morgan fingerprint density at radius 3 is 2.13 bits per heavy atom. The molecule has 3 rings (SSSR count). The molecule has 10 heteroatoms. The number of nitrogens with one attached hydrogen (secondary N) is 1. The molecule has 208 valence electrons. The van der Waals surface area contributed by atoms with E-state index in [0.29, 0.717) is 5.75 Å². The van der Waals surface area contributed by atoms with Crippen molar-refractivity contribution in [2.75, 3.05) is 18.0 Å². The van der Waals surface area contributed by atoms with Gasteiger partial charge in [0.05, 0.1) is 17.7 Å². The van der Waals surface area contributed by atoms with E-state index in [1.54, 1.807) is 44.2 Å². The molecule has 0 heterocycles. The van der Waals surface area contributed by atoms with E-state index in [2.05, 4.69) is 5.32 Å². The van der Waals surface area contributed by atoms with Gasteiger partial charge in [-0.1, -0.05) is 35.9 Å². The molecule has 0 aliphatic heterocycles. The lowest BCUT2D eigenvalue weighted by atomic mass is 10.1. The van der Waals surface area contributed by atoms with Gasteiger partial charge in [0.1, 0.15) is 24.2 Å². The van der Waals surface area contributed by atoms with Crippen molar-refractivity contribution in [2.24, 2.45) is 0 Å². The van der Waals surface area contributed by atoms with Gasteiger partial charge in [-0.05, 0) is 70.2 Å². The molecule has 8 nitrogen and oxygen atoms in total. The Kier molecular flexibility index (Phi) is 9.69. The number of rotatable bonds is 11. The van der Waals surface area contributed by atoms with E-state index in [-0.39, 0.29) is 28.7 Å². The normalized spacial score (nSPS) is 12.1.